The molecule has 2 heteroatoms. The van der Waals surface area contributed by atoms with Crippen molar-refractivity contribution in [2.45, 2.75) is 0 Å². The lowest BCUT2D eigenvalue weighted by Gasteiger charge is -2.09. The van der Waals surface area contributed by atoms with Gasteiger partial charge in [0.1, 0.15) is 5.75 Å². The molecule has 0 unspecified atom stereocenters. The van der Waals surface area contributed by atoms with Crippen LogP contribution in [0.5, 0.6) is 5.75 Å². The number of ether oxygens (including phenoxy) is 1. The van der Waals surface area contributed by atoms with E-state index in [1.165, 1.54) is 10.9 Å². The summed E-state index contributed by atoms with van der Waals surface area (Å²) >= 11 is 0. The number of hydrogen-bond donors (Lipinski definition) is 1. The molecular formula is C17H15NO. The second-order valence-electron chi connectivity index (χ2n) is 4.48. The number of nitrogens with two attached hydrogens (primary N) is 1. The van der Waals surface area contributed by atoms with Gasteiger partial charge in [0.25, 0.3) is 0 Å². The third-order valence-electron chi connectivity index (χ3n) is 3.36. The maximum atomic E-state index is 6.03. The fourth-order valence-corrected chi connectivity index (χ4v) is 2.36. The summed E-state index contributed by atoms with van der Waals surface area (Å²) < 4.78 is 5.19. The highest BCUT2D eigenvalue weighted by Gasteiger charge is 2.05. The van der Waals surface area contributed by atoms with E-state index in [9.17, 15) is 0 Å². The van der Waals surface area contributed by atoms with Gasteiger partial charge >= 0.3 is 0 Å². The molecule has 94 valence electrons. The van der Waals surface area contributed by atoms with Crippen LogP contribution in [-0.2, 0) is 0 Å². The predicted octanol–water partition coefficient (Wildman–Crippen LogP) is 4.10. The molecule has 2 nitrogen and oxygen atoms in total. The summed E-state index contributed by atoms with van der Waals surface area (Å²) in [6.07, 6.45) is 0. The Morgan fingerprint density at radius 2 is 1.47 bits per heavy atom. The number of fused-ring (bicyclic) bond motifs is 1. The molecule has 3 rings (SSSR count). The molecular weight excluding hydrogens is 234 g/mol. The molecule has 3 aromatic carbocycles. The van der Waals surface area contributed by atoms with Crippen LogP contribution in [0.3, 0.4) is 0 Å². The third kappa shape index (κ3) is 2.02. The van der Waals surface area contributed by atoms with E-state index in [0.29, 0.717) is 0 Å². The van der Waals surface area contributed by atoms with Crippen LogP contribution in [0.15, 0.2) is 60.7 Å². The molecule has 0 saturated heterocycles. The lowest BCUT2D eigenvalue weighted by Crippen LogP contribution is -1.88. The number of benzene rings is 3. The highest BCUT2D eigenvalue weighted by molar-refractivity contribution is 6.02. The van der Waals surface area contributed by atoms with Gasteiger partial charge in [-0.2, -0.15) is 0 Å². The van der Waals surface area contributed by atoms with Gasteiger partial charge in [0.05, 0.1) is 7.11 Å². The van der Waals surface area contributed by atoms with Gasteiger partial charge in [-0.1, -0.05) is 42.5 Å². The molecule has 0 saturated carbocycles. The number of methoxy groups -OCH3 is 1. The van der Waals surface area contributed by atoms with Gasteiger partial charge in [0, 0.05) is 11.1 Å². The van der Waals surface area contributed by atoms with E-state index in [1.807, 2.05) is 30.3 Å². The first-order valence-electron chi connectivity index (χ1n) is 6.21. The Hall–Kier alpha value is -2.48. The van der Waals surface area contributed by atoms with Crippen LogP contribution in [0.25, 0.3) is 21.9 Å². The van der Waals surface area contributed by atoms with Crippen LogP contribution in [0, 0.1) is 0 Å². The molecule has 0 amide bonds. The van der Waals surface area contributed by atoms with Crippen molar-refractivity contribution in [2.75, 3.05) is 12.8 Å². The number of anilines is 1. The molecule has 0 aliphatic carbocycles. The minimum atomic E-state index is 0.813. The molecule has 0 heterocycles. The summed E-state index contributed by atoms with van der Waals surface area (Å²) in [5, 5.41) is 2.27. The fourth-order valence-electron chi connectivity index (χ4n) is 2.36. The minimum Gasteiger partial charge on any atom is -0.497 e. The van der Waals surface area contributed by atoms with Crippen molar-refractivity contribution in [1.82, 2.24) is 0 Å². The van der Waals surface area contributed by atoms with E-state index in [4.69, 9.17) is 10.5 Å². The molecule has 0 aliphatic rings. The van der Waals surface area contributed by atoms with E-state index < -0.39 is 0 Å². The van der Waals surface area contributed by atoms with Gasteiger partial charge in [-0.25, -0.2) is 0 Å². The topological polar surface area (TPSA) is 35.2 Å². The smallest absolute Gasteiger partial charge is 0.118 e. The molecule has 3 aromatic rings. The standard InChI is InChI=1S/C17H15NO/c1-19-13-10-8-12(9-11-13)14-4-2-6-16-15(14)5-3-7-17(16)18/h2-11H,18H2,1H3. The summed E-state index contributed by atoms with van der Waals surface area (Å²) in [4.78, 5) is 0. The molecule has 0 bridgehead atoms. The van der Waals surface area contributed by atoms with E-state index in [2.05, 4.69) is 30.3 Å². The van der Waals surface area contributed by atoms with Gasteiger partial charge < -0.3 is 10.5 Å². The average Bonchev–Trinajstić information content (AvgIpc) is 2.47. The Morgan fingerprint density at radius 1 is 0.789 bits per heavy atom. The Kier molecular flexibility index (Phi) is 2.84. The Labute approximate surface area is 112 Å². The van der Waals surface area contributed by atoms with Gasteiger partial charge in [-0.05, 0) is 34.7 Å². The van der Waals surface area contributed by atoms with Gasteiger partial charge in [0.15, 0.2) is 0 Å². The second-order valence-corrected chi connectivity index (χ2v) is 4.48. The van der Waals surface area contributed by atoms with Crippen LogP contribution in [0.4, 0.5) is 5.69 Å². The largest absolute Gasteiger partial charge is 0.497 e. The quantitative estimate of drug-likeness (QED) is 0.694. The lowest BCUT2D eigenvalue weighted by atomic mass is 9.97. The average molecular weight is 249 g/mol. The monoisotopic (exact) mass is 249 g/mol. The SMILES string of the molecule is COc1ccc(-c2cccc3c(N)cccc23)cc1. The zero-order chi connectivity index (χ0) is 13.2. The van der Waals surface area contributed by atoms with Gasteiger partial charge in [-0.3, -0.25) is 0 Å². The number of rotatable bonds is 2. The second kappa shape index (κ2) is 4.65. The third-order valence-corrected chi connectivity index (χ3v) is 3.36. The first-order valence-corrected chi connectivity index (χ1v) is 6.21. The summed E-state index contributed by atoms with van der Waals surface area (Å²) in [5.41, 5.74) is 9.19. The molecule has 0 radical (unpaired) electrons. The van der Waals surface area contributed by atoms with Crippen LogP contribution >= 0.6 is 0 Å². The highest BCUT2D eigenvalue weighted by Crippen LogP contribution is 2.32. The zero-order valence-electron chi connectivity index (χ0n) is 10.8. The number of nitrogen functional groups attached to an aromatic ring is 1. The Balaban J connectivity index is 2.21. The number of hydrogen-bond acceptors (Lipinski definition) is 2. The van der Waals surface area contributed by atoms with Crippen molar-refractivity contribution in [2.24, 2.45) is 0 Å². The normalized spacial score (nSPS) is 10.6. The molecule has 0 fully saturated rings. The van der Waals surface area contributed by atoms with Crippen molar-refractivity contribution < 1.29 is 4.74 Å². The van der Waals surface area contributed by atoms with Crippen molar-refractivity contribution >= 4 is 16.5 Å². The van der Waals surface area contributed by atoms with Crippen LogP contribution in [0.1, 0.15) is 0 Å². The first-order chi connectivity index (χ1) is 9.29. The van der Waals surface area contributed by atoms with Crippen LogP contribution in [0.2, 0.25) is 0 Å². The molecule has 19 heavy (non-hydrogen) atoms. The summed E-state index contributed by atoms with van der Waals surface area (Å²) in [5.74, 6) is 0.864. The van der Waals surface area contributed by atoms with E-state index in [1.54, 1.807) is 7.11 Å². The van der Waals surface area contributed by atoms with Crippen molar-refractivity contribution in [3.8, 4) is 16.9 Å². The Morgan fingerprint density at radius 3 is 2.21 bits per heavy atom. The predicted molar refractivity (Wildman–Crippen MR) is 80.3 cm³/mol. The van der Waals surface area contributed by atoms with Gasteiger partial charge in [0.2, 0.25) is 0 Å². The first kappa shape index (κ1) is 11.6. The summed E-state index contributed by atoms with van der Waals surface area (Å²) in [6, 6.07) is 20.3. The van der Waals surface area contributed by atoms with Crippen molar-refractivity contribution in [3.63, 3.8) is 0 Å². The summed E-state index contributed by atoms with van der Waals surface area (Å²) in [7, 11) is 1.67. The van der Waals surface area contributed by atoms with E-state index in [-0.39, 0.29) is 0 Å². The van der Waals surface area contributed by atoms with Crippen molar-refractivity contribution in [3.05, 3.63) is 60.7 Å². The molecule has 2 N–H and O–H groups in total. The van der Waals surface area contributed by atoms with Crippen LogP contribution < -0.4 is 10.5 Å². The highest BCUT2D eigenvalue weighted by atomic mass is 16.5. The molecule has 0 aliphatic heterocycles. The summed E-state index contributed by atoms with van der Waals surface area (Å²) in [6.45, 7) is 0. The molecule has 0 atom stereocenters. The van der Waals surface area contributed by atoms with Crippen molar-refractivity contribution in [1.29, 1.82) is 0 Å². The molecule has 0 spiro atoms. The maximum Gasteiger partial charge on any atom is 0.118 e. The maximum absolute atomic E-state index is 6.03. The van der Waals surface area contributed by atoms with E-state index >= 15 is 0 Å². The fraction of sp³-hybridized carbons (Fsp3) is 0.0588. The lowest BCUT2D eigenvalue weighted by molar-refractivity contribution is 0.415. The Bertz CT molecular complexity index is 717. The zero-order valence-corrected chi connectivity index (χ0v) is 10.8. The van der Waals surface area contributed by atoms with Crippen LogP contribution in [-0.4, -0.2) is 7.11 Å². The van der Waals surface area contributed by atoms with Gasteiger partial charge in [-0.15, -0.1) is 0 Å². The van der Waals surface area contributed by atoms with E-state index in [0.717, 1.165) is 22.4 Å². The molecule has 0 aromatic heterocycles. The minimum absolute atomic E-state index is 0.813.